The zero-order valence-corrected chi connectivity index (χ0v) is 17.1. The van der Waals surface area contributed by atoms with E-state index < -0.39 is 115 Å². The summed E-state index contributed by atoms with van der Waals surface area (Å²) in [5.41, 5.74) is -5.98. The first-order chi connectivity index (χ1) is 17.2. The molecule has 0 aliphatic carbocycles. The Morgan fingerprint density at radius 3 is 1.08 bits per heavy atom. The van der Waals surface area contributed by atoms with Crippen LogP contribution in [-0.2, 0) is 0 Å². The van der Waals surface area contributed by atoms with Crippen LogP contribution < -0.4 is 16.4 Å². The molecule has 4 aromatic carbocycles. The predicted molar refractivity (Wildman–Crippen MR) is 101 cm³/mol. The Morgan fingerprint density at radius 2 is 0.676 bits per heavy atom. The fourth-order valence-corrected chi connectivity index (χ4v) is 3.87. The van der Waals surface area contributed by atoms with Gasteiger partial charge in [-0.25, -0.2) is 61.5 Å². The second-order valence-electron chi connectivity index (χ2n) is 7.43. The number of halogens is 14. The molecule has 15 heteroatoms. The Balaban J connectivity index is 2.32. The van der Waals surface area contributed by atoms with E-state index in [1.807, 2.05) is 0 Å². The van der Waals surface area contributed by atoms with Crippen molar-refractivity contribution in [1.29, 1.82) is 0 Å². The van der Waals surface area contributed by atoms with Crippen LogP contribution in [0.25, 0.3) is 10.8 Å². The second-order valence-corrected chi connectivity index (χ2v) is 7.43. The van der Waals surface area contributed by atoms with Gasteiger partial charge in [0.25, 0.3) is 6.71 Å². The maximum absolute atomic E-state index is 14.8. The quantitative estimate of drug-likeness (QED) is 0.142. The molecule has 0 aromatic heterocycles. The second kappa shape index (κ2) is 8.96. The molecule has 4 rings (SSSR count). The summed E-state index contributed by atoms with van der Waals surface area (Å²) in [7, 11) is 0. The summed E-state index contributed by atoms with van der Waals surface area (Å²) >= 11 is 0. The molecule has 0 bridgehead atoms. The lowest BCUT2D eigenvalue weighted by atomic mass is 9.35. The number of hydrogen-bond acceptors (Lipinski definition) is 0. The van der Waals surface area contributed by atoms with Crippen LogP contribution in [0.15, 0.2) is 18.2 Å². The molecule has 0 unspecified atom stereocenters. The van der Waals surface area contributed by atoms with Crippen molar-refractivity contribution in [1.82, 2.24) is 0 Å². The molecule has 4 aromatic rings. The minimum absolute atomic E-state index is 0.378. The zero-order valence-electron chi connectivity index (χ0n) is 17.1. The van der Waals surface area contributed by atoms with Crippen LogP contribution in [0.1, 0.15) is 0 Å². The average molecular weight is 544 g/mol. The molecule has 0 heterocycles. The van der Waals surface area contributed by atoms with Crippen molar-refractivity contribution >= 4 is 33.9 Å². The molecule has 0 saturated carbocycles. The first-order valence-corrected chi connectivity index (χ1v) is 9.51. The number of benzene rings is 4. The Morgan fingerprint density at radius 1 is 0.351 bits per heavy atom. The van der Waals surface area contributed by atoms with Crippen LogP contribution in [0, 0.1) is 81.4 Å². The number of hydrogen-bond donors (Lipinski definition) is 0. The molecule has 0 aliphatic heterocycles. The average Bonchev–Trinajstić information content (AvgIpc) is 2.89. The molecule has 0 fully saturated rings. The molecular formula is C22H3BF14. The molecule has 192 valence electrons. The van der Waals surface area contributed by atoms with Gasteiger partial charge in [0.2, 0.25) is 0 Å². The lowest BCUT2D eigenvalue weighted by Gasteiger charge is -2.21. The van der Waals surface area contributed by atoms with Crippen LogP contribution in [0.3, 0.4) is 0 Å². The van der Waals surface area contributed by atoms with E-state index >= 15 is 0 Å². The highest BCUT2D eigenvalue weighted by atomic mass is 19.2. The van der Waals surface area contributed by atoms with Crippen molar-refractivity contribution in [2.45, 2.75) is 0 Å². The lowest BCUT2D eigenvalue weighted by molar-refractivity contribution is 0.382. The lowest BCUT2D eigenvalue weighted by Crippen LogP contribution is -2.58. The molecular weight excluding hydrogens is 541 g/mol. The molecule has 37 heavy (non-hydrogen) atoms. The van der Waals surface area contributed by atoms with Crippen molar-refractivity contribution in [2.75, 3.05) is 0 Å². The van der Waals surface area contributed by atoms with Gasteiger partial charge >= 0.3 is 0 Å². The van der Waals surface area contributed by atoms with E-state index in [1.54, 1.807) is 0 Å². The van der Waals surface area contributed by atoms with E-state index in [1.165, 1.54) is 0 Å². The van der Waals surface area contributed by atoms with Crippen LogP contribution in [-0.4, -0.2) is 6.71 Å². The van der Waals surface area contributed by atoms with Gasteiger partial charge in [0.15, 0.2) is 81.4 Å². The van der Waals surface area contributed by atoms with Gasteiger partial charge in [-0.2, -0.15) is 0 Å². The SMILES string of the molecule is Fc1c(F)c(F)c(B(c2c(F)c(F)c(F)c(F)c2F)c2cccc3c(F)c(F)c(F)c(F)c23)c(F)c1F. The van der Waals surface area contributed by atoms with Gasteiger partial charge in [-0.1, -0.05) is 23.7 Å². The summed E-state index contributed by atoms with van der Waals surface area (Å²) in [5.74, 6) is -37.5. The normalized spacial score (nSPS) is 11.5. The van der Waals surface area contributed by atoms with Crippen molar-refractivity contribution in [3.63, 3.8) is 0 Å². The summed E-state index contributed by atoms with van der Waals surface area (Å²) in [6, 6.07) is 1.49. The molecule has 0 nitrogen and oxygen atoms in total. The summed E-state index contributed by atoms with van der Waals surface area (Å²) in [6.07, 6.45) is 0. The zero-order chi connectivity index (χ0) is 27.7. The van der Waals surface area contributed by atoms with E-state index in [-0.39, 0.29) is 0 Å². The largest absolute Gasteiger partial charge is 0.258 e. The molecule has 0 saturated heterocycles. The van der Waals surface area contributed by atoms with Gasteiger partial charge in [-0.3, -0.25) is 0 Å². The van der Waals surface area contributed by atoms with Crippen molar-refractivity contribution in [2.24, 2.45) is 0 Å². The van der Waals surface area contributed by atoms with Crippen LogP contribution in [0.2, 0.25) is 0 Å². The van der Waals surface area contributed by atoms with Crippen LogP contribution in [0.4, 0.5) is 61.5 Å². The van der Waals surface area contributed by atoms with E-state index in [0.29, 0.717) is 18.2 Å². The van der Waals surface area contributed by atoms with Crippen LogP contribution >= 0.6 is 0 Å². The Bertz CT molecular complexity index is 1500. The highest BCUT2D eigenvalue weighted by Gasteiger charge is 2.42. The Kier molecular flexibility index (Phi) is 6.37. The summed E-state index contributed by atoms with van der Waals surface area (Å²) in [4.78, 5) is 0. The van der Waals surface area contributed by atoms with E-state index in [2.05, 4.69) is 0 Å². The number of fused-ring (bicyclic) bond motifs is 1. The summed E-state index contributed by atoms with van der Waals surface area (Å²) < 4.78 is 199. The minimum Gasteiger partial charge on any atom is -0.204 e. The first-order valence-electron chi connectivity index (χ1n) is 9.51. The maximum atomic E-state index is 14.8. The molecule has 0 radical (unpaired) electrons. The molecule has 0 spiro atoms. The summed E-state index contributed by atoms with van der Waals surface area (Å²) in [6.45, 7) is -3.31. The topological polar surface area (TPSA) is 0 Å². The number of rotatable bonds is 3. The van der Waals surface area contributed by atoms with Gasteiger partial charge in [-0.05, 0) is 0 Å². The van der Waals surface area contributed by atoms with E-state index in [9.17, 15) is 61.5 Å². The van der Waals surface area contributed by atoms with Crippen molar-refractivity contribution in [3.8, 4) is 0 Å². The molecule has 0 N–H and O–H groups in total. The minimum atomic E-state index is -3.31. The Hall–Kier alpha value is -3.78. The molecule has 0 amide bonds. The third-order valence-corrected chi connectivity index (χ3v) is 5.51. The standard InChI is InChI=1S/C22H3BF14/c24-9-4-2-1-3-5(6(4)10(25)16(31)15(9)30)23(7-11(26)17(32)21(36)18(33)12(7)27)8-13(28)19(34)22(37)20(35)14(8)29/h1-3H. The monoisotopic (exact) mass is 544 g/mol. The van der Waals surface area contributed by atoms with Crippen molar-refractivity contribution in [3.05, 3.63) is 99.6 Å². The predicted octanol–water partition coefficient (Wildman–Crippen LogP) is 5.30. The molecule has 0 atom stereocenters. The fourth-order valence-electron chi connectivity index (χ4n) is 3.87. The highest BCUT2D eigenvalue weighted by molar-refractivity contribution is 6.97. The van der Waals surface area contributed by atoms with E-state index in [0.717, 1.165) is 0 Å². The smallest absolute Gasteiger partial charge is 0.204 e. The van der Waals surface area contributed by atoms with Gasteiger partial charge in [0.05, 0.1) is 0 Å². The third-order valence-electron chi connectivity index (χ3n) is 5.51. The summed E-state index contributed by atoms with van der Waals surface area (Å²) in [5, 5.41) is -2.83. The molecule has 0 aliphatic rings. The van der Waals surface area contributed by atoms with Gasteiger partial charge in [-0.15, -0.1) is 0 Å². The van der Waals surface area contributed by atoms with Crippen LogP contribution in [0.5, 0.6) is 0 Å². The van der Waals surface area contributed by atoms with Gasteiger partial charge < -0.3 is 0 Å². The van der Waals surface area contributed by atoms with Crippen molar-refractivity contribution < 1.29 is 61.5 Å². The van der Waals surface area contributed by atoms with E-state index in [4.69, 9.17) is 0 Å². The van der Waals surface area contributed by atoms with Gasteiger partial charge in [0, 0.05) is 21.7 Å². The maximum Gasteiger partial charge on any atom is 0.258 e. The van der Waals surface area contributed by atoms with Gasteiger partial charge in [0.1, 0.15) is 0 Å². The Labute approximate surface area is 195 Å². The highest BCUT2D eigenvalue weighted by Crippen LogP contribution is 2.27. The first kappa shape index (κ1) is 26.3. The third kappa shape index (κ3) is 3.62. The fraction of sp³-hybridized carbons (Fsp3) is 0.